The van der Waals surface area contributed by atoms with Gasteiger partial charge in [0.05, 0.1) is 0 Å². The molecular weight excluding hydrogens is 160 g/mol. The number of unbranched alkanes of at least 4 members (excludes halogenated alkanes) is 1. The van der Waals surface area contributed by atoms with Gasteiger partial charge in [-0.25, -0.2) is 0 Å². The van der Waals surface area contributed by atoms with Crippen molar-refractivity contribution in [3.63, 3.8) is 0 Å². The molecule has 0 aromatic heterocycles. The van der Waals surface area contributed by atoms with Crippen molar-refractivity contribution in [2.45, 2.75) is 64.7 Å². The predicted molar refractivity (Wildman–Crippen MR) is 55.7 cm³/mol. The number of carbonyl (C=O) groups excluding carboxylic acids is 1. The van der Waals surface area contributed by atoms with E-state index in [1.165, 1.54) is 38.5 Å². The van der Waals surface area contributed by atoms with Gasteiger partial charge in [-0.15, -0.1) is 0 Å². The zero-order valence-corrected chi connectivity index (χ0v) is 8.85. The van der Waals surface area contributed by atoms with Crippen LogP contribution in [-0.2, 0) is 4.79 Å². The molecule has 1 heteroatoms. The number of ketones is 1. The molecule has 0 radical (unpaired) electrons. The molecule has 1 nitrogen and oxygen atoms in total. The summed E-state index contributed by atoms with van der Waals surface area (Å²) < 4.78 is 0. The Balaban J connectivity index is 2.28. The van der Waals surface area contributed by atoms with Crippen LogP contribution in [0.1, 0.15) is 64.7 Å². The lowest BCUT2D eigenvalue weighted by Crippen LogP contribution is -2.11. The second-order valence-electron chi connectivity index (χ2n) is 4.35. The lowest BCUT2D eigenvalue weighted by molar-refractivity contribution is -0.120. The molecule has 0 unspecified atom stereocenters. The second-order valence-corrected chi connectivity index (χ2v) is 4.35. The predicted octanol–water partition coefficient (Wildman–Crippen LogP) is 3.72. The lowest BCUT2D eigenvalue weighted by atomic mass is 9.87. The minimum Gasteiger partial charge on any atom is -0.300 e. The largest absolute Gasteiger partial charge is 0.300 e. The van der Waals surface area contributed by atoms with Gasteiger partial charge in [0, 0.05) is 12.8 Å². The van der Waals surface area contributed by atoms with E-state index >= 15 is 0 Å². The van der Waals surface area contributed by atoms with Crippen LogP contribution < -0.4 is 0 Å². The molecule has 0 N–H and O–H groups in total. The first-order valence-electron chi connectivity index (χ1n) is 5.84. The molecule has 76 valence electrons. The van der Waals surface area contributed by atoms with Crippen molar-refractivity contribution in [1.29, 1.82) is 0 Å². The highest BCUT2D eigenvalue weighted by atomic mass is 16.1. The summed E-state index contributed by atoms with van der Waals surface area (Å²) in [4.78, 5) is 11.4. The summed E-state index contributed by atoms with van der Waals surface area (Å²) in [6.07, 6.45) is 10.6. The molecule has 1 fully saturated rings. The minimum atomic E-state index is 0.515. The first-order valence-corrected chi connectivity index (χ1v) is 5.84. The molecular formula is C12H22O. The molecule has 1 rings (SSSR count). The average Bonchev–Trinajstić information content (AvgIpc) is 2.09. The van der Waals surface area contributed by atoms with Crippen LogP contribution in [0.3, 0.4) is 0 Å². The Bertz CT molecular complexity index is 149. The Morgan fingerprint density at radius 1 is 1.31 bits per heavy atom. The van der Waals surface area contributed by atoms with E-state index in [1.54, 1.807) is 0 Å². The SMILES string of the molecule is CCCC[C@H]1CCCCCC(=O)C1. The van der Waals surface area contributed by atoms with Crippen LogP contribution in [0.15, 0.2) is 0 Å². The van der Waals surface area contributed by atoms with Crippen LogP contribution in [0.2, 0.25) is 0 Å². The van der Waals surface area contributed by atoms with Gasteiger partial charge in [-0.05, 0) is 12.3 Å². The van der Waals surface area contributed by atoms with Gasteiger partial charge in [-0.1, -0.05) is 45.4 Å². The summed E-state index contributed by atoms with van der Waals surface area (Å²) in [6.45, 7) is 2.23. The van der Waals surface area contributed by atoms with Crippen LogP contribution in [0, 0.1) is 5.92 Å². The molecule has 1 atom stereocenters. The van der Waals surface area contributed by atoms with Gasteiger partial charge in [-0.3, -0.25) is 4.79 Å². The van der Waals surface area contributed by atoms with Crippen LogP contribution in [0.4, 0.5) is 0 Å². The minimum absolute atomic E-state index is 0.515. The fourth-order valence-electron chi connectivity index (χ4n) is 2.20. The van der Waals surface area contributed by atoms with Crippen LogP contribution in [-0.4, -0.2) is 5.78 Å². The Kier molecular flexibility index (Phi) is 5.10. The van der Waals surface area contributed by atoms with Crippen molar-refractivity contribution in [2.75, 3.05) is 0 Å². The molecule has 0 saturated heterocycles. The molecule has 0 aliphatic heterocycles. The quantitative estimate of drug-likeness (QED) is 0.650. The van der Waals surface area contributed by atoms with Crippen LogP contribution in [0.25, 0.3) is 0 Å². The van der Waals surface area contributed by atoms with Crippen molar-refractivity contribution in [3.05, 3.63) is 0 Å². The fourth-order valence-corrected chi connectivity index (χ4v) is 2.20. The third-order valence-corrected chi connectivity index (χ3v) is 3.05. The van der Waals surface area contributed by atoms with Crippen molar-refractivity contribution >= 4 is 5.78 Å². The van der Waals surface area contributed by atoms with E-state index in [0.29, 0.717) is 11.7 Å². The van der Waals surface area contributed by atoms with E-state index in [1.807, 2.05) is 0 Å². The normalized spacial score (nSPS) is 25.3. The highest BCUT2D eigenvalue weighted by Gasteiger charge is 2.15. The van der Waals surface area contributed by atoms with Crippen molar-refractivity contribution in [2.24, 2.45) is 5.92 Å². The Morgan fingerprint density at radius 2 is 2.15 bits per heavy atom. The van der Waals surface area contributed by atoms with Gasteiger partial charge in [0.1, 0.15) is 5.78 Å². The summed E-state index contributed by atoms with van der Waals surface area (Å²) in [5, 5.41) is 0. The molecule has 0 aromatic rings. The third-order valence-electron chi connectivity index (χ3n) is 3.05. The topological polar surface area (TPSA) is 17.1 Å². The molecule has 1 aliphatic rings. The molecule has 0 bridgehead atoms. The average molecular weight is 182 g/mol. The van der Waals surface area contributed by atoms with Gasteiger partial charge in [0.15, 0.2) is 0 Å². The van der Waals surface area contributed by atoms with Gasteiger partial charge in [-0.2, -0.15) is 0 Å². The van der Waals surface area contributed by atoms with Crippen molar-refractivity contribution < 1.29 is 4.79 Å². The fraction of sp³-hybridized carbons (Fsp3) is 0.917. The van der Waals surface area contributed by atoms with Crippen LogP contribution >= 0.6 is 0 Å². The Morgan fingerprint density at radius 3 is 2.92 bits per heavy atom. The van der Waals surface area contributed by atoms with E-state index in [9.17, 15) is 4.79 Å². The molecule has 0 spiro atoms. The first kappa shape index (κ1) is 10.7. The smallest absolute Gasteiger partial charge is 0.133 e. The van der Waals surface area contributed by atoms with E-state index in [4.69, 9.17) is 0 Å². The molecule has 13 heavy (non-hydrogen) atoms. The summed E-state index contributed by atoms with van der Waals surface area (Å²) in [7, 11) is 0. The lowest BCUT2D eigenvalue weighted by Gasteiger charge is -2.18. The summed E-state index contributed by atoms with van der Waals surface area (Å²) in [6, 6.07) is 0. The van der Waals surface area contributed by atoms with Gasteiger partial charge >= 0.3 is 0 Å². The number of hydrogen-bond donors (Lipinski definition) is 0. The van der Waals surface area contributed by atoms with Crippen molar-refractivity contribution in [1.82, 2.24) is 0 Å². The van der Waals surface area contributed by atoms with Gasteiger partial charge < -0.3 is 0 Å². The van der Waals surface area contributed by atoms with Gasteiger partial charge in [0.25, 0.3) is 0 Å². The van der Waals surface area contributed by atoms with Gasteiger partial charge in [0.2, 0.25) is 0 Å². The molecule has 0 heterocycles. The van der Waals surface area contributed by atoms with Crippen LogP contribution in [0.5, 0.6) is 0 Å². The highest BCUT2D eigenvalue weighted by molar-refractivity contribution is 5.78. The Labute approximate surface area is 81.9 Å². The number of Topliss-reactive ketones (excluding diaryl/α,β-unsaturated/α-hetero) is 1. The van der Waals surface area contributed by atoms with Crippen molar-refractivity contribution in [3.8, 4) is 0 Å². The maximum Gasteiger partial charge on any atom is 0.133 e. The van der Waals surface area contributed by atoms with E-state index < -0.39 is 0 Å². The van der Waals surface area contributed by atoms with E-state index in [0.717, 1.165) is 19.3 Å². The first-order chi connectivity index (χ1) is 6.33. The zero-order chi connectivity index (χ0) is 9.52. The third kappa shape index (κ3) is 4.44. The maximum absolute atomic E-state index is 11.4. The van der Waals surface area contributed by atoms with E-state index in [2.05, 4.69) is 6.92 Å². The molecule has 0 amide bonds. The monoisotopic (exact) mass is 182 g/mol. The number of rotatable bonds is 3. The molecule has 1 aliphatic carbocycles. The molecule has 1 saturated carbocycles. The Hall–Kier alpha value is -0.330. The highest BCUT2D eigenvalue weighted by Crippen LogP contribution is 2.24. The summed E-state index contributed by atoms with van der Waals surface area (Å²) in [5.41, 5.74) is 0. The van der Waals surface area contributed by atoms with E-state index in [-0.39, 0.29) is 0 Å². The summed E-state index contributed by atoms with van der Waals surface area (Å²) >= 11 is 0. The molecule has 0 aromatic carbocycles. The maximum atomic E-state index is 11.4. The second kappa shape index (κ2) is 6.17. The zero-order valence-electron chi connectivity index (χ0n) is 8.85. The number of carbonyl (C=O) groups is 1. The summed E-state index contributed by atoms with van der Waals surface area (Å²) in [5.74, 6) is 1.23. The standard InChI is InChI=1S/C12H22O/c1-2-3-7-11-8-5-4-6-9-12(13)10-11/h11H,2-10H2,1H3/t11-/m0/s1. The number of hydrogen-bond acceptors (Lipinski definition) is 1.